The van der Waals surface area contributed by atoms with Crippen LogP contribution in [-0.2, 0) is 4.79 Å². The number of β-amino-alcohol motifs (C(OH)–C–C–N with tert-alkyl or cyclic N) is 1. The summed E-state index contributed by atoms with van der Waals surface area (Å²) in [7, 11) is 0. The van der Waals surface area contributed by atoms with E-state index in [9.17, 15) is 14.7 Å². The zero-order chi connectivity index (χ0) is 16.5. The average molecular weight is 347 g/mol. The molecule has 1 aliphatic heterocycles. The number of aliphatic hydroxyl groups excluding tert-OH is 1. The molecule has 0 radical (unpaired) electrons. The first-order valence-electron chi connectivity index (χ1n) is 6.61. The number of rotatable bonds is 5. The fourth-order valence-electron chi connectivity index (χ4n) is 2.03. The van der Waals surface area contributed by atoms with Gasteiger partial charge in [-0.15, -0.1) is 0 Å². The highest BCUT2D eigenvalue weighted by molar-refractivity contribution is 6.35. The number of carbonyl (C=O) groups excluding carboxylic acids is 2. The van der Waals surface area contributed by atoms with Crippen LogP contribution in [0.15, 0.2) is 18.2 Å². The third-order valence-electron chi connectivity index (χ3n) is 3.16. The van der Waals surface area contributed by atoms with Crippen molar-refractivity contribution in [1.29, 1.82) is 0 Å². The number of imide groups is 1. The minimum atomic E-state index is -1.03. The lowest BCUT2D eigenvalue weighted by atomic mass is 10.1. The Morgan fingerprint density at radius 1 is 1.36 bits per heavy atom. The average Bonchev–Trinajstić information content (AvgIpc) is 2.60. The first kappa shape index (κ1) is 16.9. The zero-order valence-electron chi connectivity index (χ0n) is 12.1. The van der Waals surface area contributed by atoms with Gasteiger partial charge in [0.25, 0.3) is 5.91 Å². The monoisotopic (exact) mass is 346 g/mol. The maximum absolute atomic E-state index is 12.0. The highest BCUT2D eigenvalue weighted by atomic mass is 35.5. The van der Waals surface area contributed by atoms with E-state index in [-0.39, 0.29) is 19.1 Å². The highest BCUT2D eigenvalue weighted by Crippen LogP contribution is 2.27. The number of ether oxygens (including phenoxy) is 1. The van der Waals surface area contributed by atoms with Gasteiger partial charge in [-0.05, 0) is 32.0 Å². The van der Waals surface area contributed by atoms with Gasteiger partial charge in [-0.3, -0.25) is 9.69 Å². The molecule has 6 nitrogen and oxygen atoms in total. The number of hydrogen-bond acceptors (Lipinski definition) is 4. The summed E-state index contributed by atoms with van der Waals surface area (Å²) in [6.45, 7) is 2.94. The molecule has 0 saturated carbocycles. The molecule has 2 rings (SSSR count). The number of halogens is 2. The van der Waals surface area contributed by atoms with E-state index in [2.05, 4.69) is 5.32 Å². The molecule has 1 aliphatic rings. The summed E-state index contributed by atoms with van der Waals surface area (Å²) in [5.74, 6) is -0.0243. The number of benzene rings is 1. The Morgan fingerprint density at radius 3 is 2.59 bits per heavy atom. The molecule has 1 atom stereocenters. The van der Waals surface area contributed by atoms with Crippen LogP contribution in [0.2, 0.25) is 10.0 Å². The molecule has 8 heteroatoms. The maximum Gasteiger partial charge on any atom is 0.325 e. The van der Waals surface area contributed by atoms with Gasteiger partial charge in [-0.1, -0.05) is 23.2 Å². The molecule has 1 fully saturated rings. The van der Waals surface area contributed by atoms with Crippen LogP contribution in [-0.4, -0.2) is 46.7 Å². The number of carbonyl (C=O) groups is 2. The van der Waals surface area contributed by atoms with E-state index in [0.717, 1.165) is 4.90 Å². The van der Waals surface area contributed by atoms with Crippen molar-refractivity contribution in [2.24, 2.45) is 0 Å². The van der Waals surface area contributed by atoms with Gasteiger partial charge in [0.1, 0.15) is 24.0 Å². The molecule has 3 amide bonds. The van der Waals surface area contributed by atoms with Crippen LogP contribution in [0, 0.1) is 0 Å². The summed E-state index contributed by atoms with van der Waals surface area (Å²) >= 11 is 11.7. The van der Waals surface area contributed by atoms with Crippen LogP contribution in [0.25, 0.3) is 0 Å². The van der Waals surface area contributed by atoms with E-state index in [1.165, 1.54) is 6.07 Å². The van der Waals surface area contributed by atoms with Gasteiger partial charge < -0.3 is 15.2 Å². The van der Waals surface area contributed by atoms with Crippen molar-refractivity contribution < 1.29 is 19.4 Å². The number of amides is 3. The fraction of sp³-hybridized carbons (Fsp3) is 0.429. The molecule has 0 aromatic heterocycles. The van der Waals surface area contributed by atoms with Crippen LogP contribution >= 0.6 is 23.2 Å². The summed E-state index contributed by atoms with van der Waals surface area (Å²) in [6.07, 6.45) is -1.03. The van der Waals surface area contributed by atoms with Gasteiger partial charge in [0.2, 0.25) is 0 Å². The molecule has 0 bridgehead atoms. The van der Waals surface area contributed by atoms with Gasteiger partial charge >= 0.3 is 6.03 Å². The summed E-state index contributed by atoms with van der Waals surface area (Å²) in [6, 6.07) is 4.17. The van der Waals surface area contributed by atoms with E-state index in [1.54, 1.807) is 26.0 Å². The Morgan fingerprint density at radius 2 is 2.05 bits per heavy atom. The third-order valence-corrected chi connectivity index (χ3v) is 3.69. The van der Waals surface area contributed by atoms with Crippen molar-refractivity contribution in [2.75, 3.05) is 13.2 Å². The van der Waals surface area contributed by atoms with Crippen LogP contribution in [0.4, 0.5) is 4.79 Å². The molecule has 1 heterocycles. The lowest BCUT2D eigenvalue weighted by molar-refractivity contribution is -0.131. The van der Waals surface area contributed by atoms with E-state index in [4.69, 9.17) is 27.9 Å². The van der Waals surface area contributed by atoms with Crippen molar-refractivity contribution in [3.63, 3.8) is 0 Å². The Kier molecular flexibility index (Phi) is 4.84. The molecule has 2 N–H and O–H groups in total. The predicted octanol–water partition coefficient (Wildman–Crippen LogP) is 2.06. The second kappa shape index (κ2) is 6.32. The molecular formula is C14H16Cl2N2O4. The molecule has 0 unspecified atom stereocenters. The fourth-order valence-corrected chi connectivity index (χ4v) is 2.49. The lowest BCUT2D eigenvalue weighted by Crippen LogP contribution is -2.42. The Labute approximate surface area is 137 Å². The van der Waals surface area contributed by atoms with Gasteiger partial charge in [-0.2, -0.15) is 0 Å². The van der Waals surface area contributed by atoms with E-state index < -0.39 is 17.7 Å². The van der Waals surface area contributed by atoms with Crippen molar-refractivity contribution in [3.05, 3.63) is 28.2 Å². The number of urea groups is 1. The first-order chi connectivity index (χ1) is 10.2. The Bertz CT molecular complexity index is 607. The molecule has 22 heavy (non-hydrogen) atoms. The molecule has 1 saturated heterocycles. The van der Waals surface area contributed by atoms with Crippen LogP contribution < -0.4 is 10.1 Å². The predicted molar refractivity (Wildman–Crippen MR) is 82.3 cm³/mol. The standard InChI is InChI=1S/C14H16Cl2N2O4/c1-14(2)12(20)18(13(21)17-14)6-9(19)7-22-11-4-3-8(15)5-10(11)16/h3-5,9,19H,6-7H2,1-2H3,(H,17,21)/t9-/m0/s1. The van der Waals surface area contributed by atoms with Crippen LogP contribution in [0.5, 0.6) is 5.75 Å². The van der Waals surface area contributed by atoms with E-state index in [0.29, 0.717) is 15.8 Å². The summed E-state index contributed by atoms with van der Waals surface area (Å²) in [5, 5.41) is 13.3. The molecule has 0 aliphatic carbocycles. The van der Waals surface area contributed by atoms with Crippen molar-refractivity contribution in [1.82, 2.24) is 10.2 Å². The lowest BCUT2D eigenvalue weighted by Gasteiger charge is -2.19. The van der Waals surface area contributed by atoms with Crippen LogP contribution in [0.1, 0.15) is 13.8 Å². The first-order valence-corrected chi connectivity index (χ1v) is 7.36. The summed E-state index contributed by atoms with van der Waals surface area (Å²) in [5.41, 5.74) is -0.961. The zero-order valence-corrected chi connectivity index (χ0v) is 13.6. The number of nitrogens with one attached hydrogen (secondary N) is 1. The highest BCUT2D eigenvalue weighted by Gasteiger charge is 2.44. The maximum atomic E-state index is 12.0. The Balaban J connectivity index is 1.92. The second-order valence-electron chi connectivity index (χ2n) is 5.51. The normalized spacial score (nSPS) is 18.3. The van der Waals surface area contributed by atoms with E-state index >= 15 is 0 Å². The smallest absolute Gasteiger partial charge is 0.325 e. The van der Waals surface area contributed by atoms with Gasteiger partial charge in [-0.25, -0.2) is 4.79 Å². The molecule has 0 spiro atoms. The molecular weight excluding hydrogens is 331 g/mol. The SMILES string of the molecule is CC1(C)NC(=O)N(C[C@H](O)COc2ccc(Cl)cc2Cl)C1=O. The largest absolute Gasteiger partial charge is 0.489 e. The molecule has 120 valence electrons. The number of aliphatic hydroxyl groups is 1. The number of hydrogen-bond donors (Lipinski definition) is 2. The second-order valence-corrected chi connectivity index (χ2v) is 6.35. The van der Waals surface area contributed by atoms with Gasteiger partial charge in [0.05, 0.1) is 11.6 Å². The van der Waals surface area contributed by atoms with E-state index in [1.807, 2.05) is 0 Å². The van der Waals surface area contributed by atoms with Crippen molar-refractivity contribution >= 4 is 35.1 Å². The number of nitrogens with zero attached hydrogens (tertiary/aromatic N) is 1. The minimum Gasteiger partial charge on any atom is -0.489 e. The summed E-state index contributed by atoms with van der Waals surface area (Å²) in [4.78, 5) is 24.7. The topological polar surface area (TPSA) is 78.9 Å². The van der Waals surface area contributed by atoms with Crippen LogP contribution in [0.3, 0.4) is 0 Å². The van der Waals surface area contributed by atoms with Gasteiger partial charge in [0, 0.05) is 5.02 Å². The van der Waals surface area contributed by atoms with Crippen molar-refractivity contribution in [2.45, 2.75) is 25.5 Å². The Hall–Kier alpha value is -1.50. The van der Waals surface area contributed by atoms with Crippen molar-refractivity contribution in [3.8, 4) is 5.75 Å². The quantitative estimate of drug-likeness (QED) is 0.800. The minimum absolute atomic E-state index is 0.112. The summed E-state index contributed by atoms with van der Waals surface area (Å²) < 4.78 is 5.38. The van der Waals surface area contributed by atoms with Gasteiger partial charge in [0.15, 0.2) is 0 Å². The molecule has 1 aromatic rings. The molecule has 1 aromatic carbocycles. The third kappa shape index (κ3) is 3.63.